The second kappa shape index (κ2) is 5.77. The Morgan fingerprint density at radius 2 is 1.96 bits per heavy atom. The topological polar surface area (TPSA) is 70.7 Å². The quantitative estimate of drug-likeness (QED) is 0.867. The van der Waals surface area contributed by atoms with E-state index in [0.717, 1.165) is 12.8 Å². The Hall–Kier alpha value is -2.08. The van der Waals surface area contributed by atoms with Gasteiger partial charge in [0.05, 0.1) is 11.3 Å². The van der Waals surface area contributed by atoms with Gasteiger partial charge >= 0.3 is 0 Å². The summed E-state index contributed by atoms with van der Waals surface area (Å²) < 4.78 is 5.72. The van der Waals surface area contributed by atoms with E-state index in [2.05, 4.69) is 10.6 Å². The van der Waals surface area contributed by atoms with Gasteiger partial charge < -0.3 is 20.3 Å². The molecule has 2 N–H and O–H groups in total. The van der Waals surface area contributed by atoms with Crippen molar-refractivity contribution in [1.29, 1.82) is 0 Å². The zero-order valence-corrected chi connectivity index (χ0v) is 14.0. The van der Waals surface area contributed by atoms with E-state index < -0.39 is 6.10 Å². The first-order valence-corrected chi connectivity index (χ1v) is 8.66. The van der Waals surface area contributed by atoms with Crippen molar-refractivity contribution in [2.45, 2.75) is 56.8 Å². The number of rotatable bonds is 2. The van der Waals surface area contributed by atoms with E-state index >= 15 is 0 Å². The van der Waals surface area contributed by atoms with Crippen molar-refractivity contribution in [2.24, 2.45) is 0 Å². The van der Waals surface area contributed by atoms with E-state index in [1.165, 1.54) is 12.8 Å². The van der Waals surface area contributed by atoms with Crippen molar-refractivity contribution in [3.63, 3.8) is 0 Å². The lowest BCUT2D eigenvalue weighted by Gasteiger charge is -2.36. The summed E-state index contributed by atoms with van der Waals surface area (Å²) in [6.45, 7) is 1.69. The monoisotopic (exact) mass is 329 g/mol. The molecule has 1 aromatic rings. The Morgan fingerprint density at radius 1 is 1.25 bits per heavy atom. The molecule has 6 nitrogen and oxygen atoms in total. The largest absolute Gasteiger partial charge is 0.478 e. The van der Waals surface area contributed by atoms with Gasteiger partial charge in [0, 0.05) is 25.2 Å². The SMILES string of the molecule is CC1Oc2c(cccc2C(=O)N(C)C2CC3CCC(C2)N3)NC1=O. The predicted octanol–water partition coefficient (Wildman–Crippen LogP) is 1.76. The third kappa shape index (κ3) is 2.55. The van der Waals surface area contributed by atoms with Crippen LogP contribution in [0.1, 0.15) is 43.0 Å². The molecule has 0 saturated carbocycles. The average Bonchev–Trinajstić information content (AvgIpc) is 2.92. The smallest absolute Gasteiger partial charge is 0.265 e. The highest BCUT2D eigenvalue weighted by molar-refractivity contribution is 6.04. The number of hydrogen-bond donors (Lipinski definition) is 2. The highest BCUT2D eigenvalue weighted by Gasteiger charge is 2.37. The van der Waals surface area contributed by atoms with Crippen molar-refractivity contribution in [2.75, 3.05) is 12.4 Å². The average molecular weight is 329 g/mol. The highest BCUT2D eigenvalue weighted by Crippen LogP contribution is 2.35. The molecule has 1 aromatic carbocycles. The Kier molecular flexibility index (Phi) is 3.72. The molecule has 4 rings (SSSR count). The lowest BCUT2D eigenvalue weighted by Crippen LogP contribution is -2.49. The van der Waals surface area contributed by atoms with Crippen LogP contribution in [0.2, 0.25) is 0 Å². The van der Waals surface area contributed by atoms with E-state index in [4.69, 9.17) is 4.74 Å². The van der Waals surface area contributed by atoms with Crippen LogP contribution in [-0.4, -0.2) is 48.0 Å². The van der Waals surface area contributed by atoms with E-state index in [-0.39, 0.29) is 17.9 Å². The summed E-state index contributed by atoms with van der Waals surface area (Å²) in [4.78, 5) is 26.7. The zero-order valence-electron chi connectivity index (χ0n) is 14.0. The second-order valence-electron chi connectivity index (χ2n) is 7.11. The maximum Gasteiger partial charge on any atom is 0.265 e. The van der Waals surface area contributed by atoms with Crippen molar-refractivity contribution < 1.29 is 14.3 Å². The van der Waals surface area contributed by atoms with Crippen molar-refractivity contribution >= 4 is 17.5 Å². The molecule has 3 unspecified atom stereocenters. The maximum absolute atomic E-state index is 13.1. The summed E-state index contributed by atoms with van der Waals surface area (Å²) in [5.74, 6) is 0.259. The molecule has 24 heavy (non-hydrogen) atoms. The molecule has 3 atom stereocenters. The summed E-state index contributed by atoms with van der Waals surface area (Å²) in [5, 5.41) is 6.41. The van der Waals surface area contributed by atoms with Crippen molar-refractivity contribution in [3.05, 3.63) is 23.8 Å². The van der Waals surface area contributed by atoms with Crippen molar-refractivity contribution in [3.8, 4) is 5.75 Å². The molecular weight excluding hydrogens is 306 g/mol. The highest BCUT2D eigenvalue weighted by atomic mass is 16.5. The Balaban J connectivity index is 1.58. The molecule has 0 aromatic heterocycles. The first-order chi connectivity index (χ1) is 11.5. The summed E-state index contributed by atoms with van der Waals surface area (Å²) in [7, 11) is 1.88. The van der Waals surface area contributed by atoms with Crippen LogP contribution in [0.25, 0.3) is 0 Å². The van der Waals surface area contributed by atoms with Crippen LogP contribution in [0.15, 0.2) is 18.2 Å². The zero-order chi connectivity index (χ0) is 16.8. The number of piperidine rings is 1. The molecule has 3 aliphatic rings. The molecule has 0 spiro atoms. The molecule has 2 amide bonds. The van der Waals surface area contributed by atoms with Gasteiger partial charge in [0.15, 0.2) is 11.9 Å². The van der Waals surface area contributed by atoms with Gasteiger partial charge in [-0.25, -0.2) is 0 Å². The minimum absolute atomic E-state index is 0.0403. The number of para-hydroxylation sites is 1. The van der Waals surface area contributed by atoms with Gasteiger partial charge in [0.25, 0.3) is 11.8 Å². The first-order valence-electron chi connectivity index (χ1n) is 8.66. The van der Waals surface area contributed by atoms with Gasteiger partial charge in [-0.1, -0.05) is 6.07 Å². The molecule has 6 heteroatoms. The van der Waals surface area contributed by atoms with Gasteiger partial charge in [0.1, 0.15) is 0 Å². The minimum atomic E-state index is -0.591. The lowest BCUT2D eigenvalue weighted by molar-refractivity contribution is -0.122. The third-order valence-corrected chi connectivity index (χ3v) is 5.48. The van der Waals surface area contributed by atoms with Crippen LogP contribution < -0.4 is 15.4 Å². The Morgan fingerprint density at radius 3 is 2.67 bits per heavy atom. The molecule has 2 bridgehead atoms. The van der Waals surface area contributed by atoms with Crippen molar-refractivity contribution in [1.82, 2.24) is 10.2 Å². The molecule has 2 saturated heterocycles. The molecular formula is C18H23N3O3. The number of anilines is 1. The molecule has 0 radical (unpaired) electrons. The summed E-state index contributed by atoms with van der Waals surface area (Å²) in [5.41, 5.74) is 1.09. The number of carbonyl (C=O) groups is 2. The molecule has 128 valence electrons. The van der Waals surface area contributed by atoms with Crippen LogP contribution in [0.5, 0.6) is 5.75 Å². The standard InChI is InChI=1S/C18H23N3O3/c1-10-17(22)20-15-5-3-4-14(16(15)24-10)18(23)21(2)13-8-11-6-7-12(9-13)19-11/h3-5,10-13,19H,6-9H2,1-2H3,(H,20,22). The van der Waals surface area contributed by atoms with E-state index in [9.17, 15) is 9.59 Å². The number of fused-ring (bicyclic) bond motifs is 3. The number of hydrogen-bond acceptors (Lipinski definition) is 4. The number of benzene rings is 1. The van der Waals surface area contributed by atoms with Crippen LogP contribution in [0.4, 0.5) is 5.69 Å². The van der Waals surface area contributed by atoms with E-state index in [0.29, 0.717) is 29.1 Å². The molecule has 2 fully saturated rings. The molecule has 3 heterocycles. The first kappa shape index (κ1) is 15.4. The normalized spacial score (nSPS) is 31.0. The van der Waals surface area contributed by atoms with E-state index in [1.807, 2.05) is 11.9 Å². The fourth-order valence-electron chi connectivity index (χ4n) is 4.09. The van der Waals surface area contributed by atoms with Gasteiger partial charge in [0.2, 0.25) is 0 Å². The Labute approximate surface area is 141 Å². The van der Waals surface area contributed by atoms with Gasteiger partial charge in [-0.15, -0.1) is 0 Å². The maximum atomic E-state index is 13.1. The minimum Gasteiger partial charge on any atom is -0.478 e. The lowest BCUT2D eigenvalue weighted by atomic mass is 9.97. The predicted molar refractivity (Wildman–Crippen MR) is 90.2 cm³/mol. The van der Waals surface area contributed by atoms with E-state index in [1.54, 1.807) is 25.1 Å². The number of amides is 2. The van der Waals surface area contributed by atoms with Crippen LogP contribution in [-0.2, 0) is 4.79 Å². The fourth-order valence-corrected chi connectivity index (χ4v) is 4.09. The van der Waals surface area contributed by atoms with Crippen LogP contribution >= 0.6 is 0 Å². The number of nitrogens with one attached hydrogen (secondary N) is 2. The van der Waals surface area contributed by atoms with Gasteiger partial charge in [-0.3, -0.25) is 9.59 Å². The Bertz CT molecular complexity index is 678. The third-order valence-electron chi connectivity index (χ3n) is 5.48. The molecule has 3 aliphatic heterocycles. The summed E-state index contributed by atoms with van der Waals surface area (Å²) in [6, 6.07) is 6.64. The van der Waals surface area contributed by atoms with Gasteiger partial charge in [-0.2, -0.15) is 0 Å². The van der Waals surface area contributed by atoms with Crippen LogP contribution in [0, 0.1) is 0 Å². The fraction of sp³-hybridized carbons (Fsp3) is 0.556. The summed E-state index contributed by atoms with van der Waals surface area (Å²) >= 11 is 0. The second-order valence-corrected chi connectivity index (χ2v) is 7.11. The summed E-state index contributed by atoms with van der Waals surface area (Å²) in [6.07, 6.45) is 3.82. The number of nitrogens with zero attached hydrogens (tertiary/aromatic N) is 1. The molecule has 0 aliphatic carbocycles. The van der Waals surface area contributed by atoms with Crippen LogP contribution in [0.3, 0.4) is 0 Å². The van der Waals surface area contributed by atoms with Gasteiger partial charge in [-0.05, 0) is 44.7 Å². The number of carbonyl (C=O) groups excluding carboxylic acids is 2. The number of ether oxygens (including phenoxy) is 1.